The van der Waals surface area contributed by atoms with E-state index in [1.807, 2.05) is 51.1 Å². The average molecular weight is 232 g/mol. The van der Waals surface area contributed by atoms with Gasteiger partial charge in [0.15, 0.2) is 0 Å². The predicted octanol–water partition coefficient (Wildman–Crippen LogP) is 4.29. The summed E-state index contributed by atoms with van der Waals surface area (Å²) in [5, 5.41) is 2.20. The van der Waals surface area contributed by atoms with Crippen LogP contribution in [-0.4, -0.2) is 0 Å². The molecule has 0 unspecified atom stereocenters. The SMILES string of the molecule is C=C(C)/C=c1/ccccc1=C.CC.CCCC. The average Bonchev–Trinajstić information content (AvgIpc) is 2.34. The van der Waals surface area contributed by atoms with Crippen LogP contribution in [0, 0.1) is 0 Å². The Balaban J connectivity index is 0. The molecule has 0 aromatic heterocycles. The summed E-state index contributed by atoms with van der Waals surface area (Å²) in [7, 11) is 0. The van der Waals surface area contributed by atoms with Crippen LogP contribution in [0.5, 0.6) is 0 Å². The molecule has 0 aliphatic carbocycles. The van der Waals surface area contributed by atoms with Gasteiger partial charge in [0.05, 0.1) is 0 Å². The molecule has 1 aromatic rings. The van der Waals surface area contributed by atoms with Gasteiger partial charge in [0.25, 0.3) is 0 Å². The standard InChI is InChI=1S/C11H12.C4H10.C2H6/c1-9(2)8-11-7-5-4-6-10(11)3;1-3-4-2;1-2/h4-8H,1,3H2,2H3;3-4H2,1-2H3;1-2H3/b11-8-;;. The minimum absolute atomic E-state index is 1.05. The van der Waals surface area contributed by atoms with Gasteiger partial charge in [-0.15, -0.1) is 0 Å². The van der Waals surface area contributed by atoms with Gasteiger partial charge in [-0.3, -0.25) is 0 Å². The lowest BCUT2D eigenvalue weighted by Crippen LogP contribution is -2.21. The van der Waals surface area contributed by atoms with Gasteiger partial charge in [0.2, 0.25) is 0 Å². The molecule has 0 fully saturated rings. The number of unbranched alkanes of at least 4 members (excludes halogenated alkanes) is 1. The molecule has 0 atom stereocenters. The number of allylic oxidation sites excluding steroid dienone is 1. The van der Waals surface area contributed by atoms with E-state index in [2.05, 4.69) is 27.0 Å². The molecular weight excluding hydrogens is 204 g/mol. The van der Waals surface area contributed by atoms with Gasteiger partial charge in [0.1, 0.15) is 0 Å². The van der Waals surface area contributed by atoms with E-state index in [4.69, 9.17) is 0 Å². The highest BCUT2D eigenvalue weighted by atomic mass is 13.8. The van der Waals surface area contributed by atoms with Gasteiger partial charge in [-0.2, -0.15) is 0 Å². The zero-order valence-corrected chi connectivity index (χ0v) is 12.2. The predicted molar refractivity (Wildman–Crippen MR) is 82.4 cm³/mol. The fraction of sp³-hybridized carbons (Fsp3) is 0.412. The summed E-state index contributed by atoms with van der Waals surface area (Å²) >= 11 is 0. The number of hydrogen-bond acceptors (Lipinski definition) is 0. The van der Waals surface area contributed by atoms with Crippen molar-refractivity contribution in [2.45, 2.75) is 47.5 Å². The molecule has 0 saturated heterocycles. The van der Waals surface area contributed by atoms with Crippen LogP contribution < -0.4 is 10.4 Å². The summed E-state index contributed by atoms with van der Waals surface area (Å²) in [6.07, 6.45) is 4.67. The summed E-state index contributed by atoms with van der Waals surface area (Å²) in [6, 6.07) is 8.02. The Bertz CT molecular complexity index is 383. The Hall–Kier alpha value is -1.30. The van der Waals surface area contributed by atoms with Crippen molar-refractivity contribution in [3.05, 3.63) is 46.9 Å². The third-order valence-corrected chi connectivity index (χ3v) is 1.96. The minimum atomic E-state index is 1.05. The maximum atomic E-state index is 3.90. The lowest BCUT2D eigenvalue weighted by molar-refractivity contribution is 0.886. The highest BCUT2D eigenvalue weighted by molar-refractivity contribution is 5.43. The maximum absolute atomic E-state index is 3.90. The zero-order valence-electron chi connectivity index (χ0n) is 12.2. The smallest absolute Gasteiger partial charge is 0.0188 e. The second-order valence-electron chi connectivity index (χ2n) is 3.69. The Morgan fingerprint density at radius 3 is 1.94 bits per heavy atom. The van der Waals surface area contributed by atoms with E-state index in [1.165, 1.54) is 12.8 Å². The van der Waals surface area contributed by atoms with E-state index < -0.39 is 0 Å². The lowest BCUT2D eigenvalue weighted by Gasteiger charge is -1.88. The van der Waals surface area contributed by atoms with Crippen molar-refractivity contribution in [2.24, 2.45) is 0 Å². The molecule has 0 saturated carbocycles. The molecule has 0 radical (unpaired) electrons. The van der Waals surface area contributed by atoms with Gasteiger partial charge in [-0.25, -0.2) is 0 Å². The van der Waals surface area contributed by atoms with Gasteiger partial charge in [0, 0.05) is 0 Å². The summed E-state index contributed by atoms with van der Waals surface area (Å²) in [5.74, 6) is 0. The fourth-order valence-corrected chi connectivity index (χ4v) is 0.940. The van der Waals surface area contributed by atoms with Crippen LogP contribution in [0.3, 0.4) is 0 Å². The first-order valence-corrected chi connectivity index (χ1v) is 6.53. The van der Waals surface area contributed by atoms with Crippen molar-refractivity contribution in [3.63, 3.8) is 0 Å². The first-order chi connectivity index (χ1) is 8.11. The normalized spacial score (nSPS) is 9.59. The molecule has 0 amide bonds. The molecule has 0 heterocycles. The molecule has 0 heteroatoms. The van der Waals surface area contributed by atoms with Gasteiger partial charge >= 0.3 is 0 Å². The van der Waals surface area contributed by atoms with E-state index in [0.29, 0.717) is 0 Å². The number of benzene rings is 1. The van der Waals surface area contributed by atoms with Crippen LogP contribution in [-0.2, 0) is 0 Å². The zero-order chi connectivity index (χ0) is 13.7. The number of hydrogen-bond donors (Lipinski definition) is 0. The Morgan fingerprint density at radius 2 is 1.59 bits per heavy atom. The third-order valence-electron chi connectivity index (χ3n) is 1.96. The van der Waals surface area contributed by atoms with Crippen LogP contribution in [0.4, 0.5) is 0 Å². The summed E-state index contributed by atoms with van der Waals surface area (Å²) in [4.78, 5) is 0. The molecule has 0 spiro atoms. The van der Waals surface area contributed by atoms with Crippen molar-refractivity contribution in [1.29, 1.82) is 0 Å². The van der Waals surface area contributed by atoms with E-state index in [0.717, 1.165) is 16.0 Å². The number of rotatable bonds is 2. The molecule has 17 heavy (non-hydrogen) atoms. The first kappa shape index (κ1) is 18.1. The fourth-order valence-electron chi connectivity index (χ4n) is 0.940. The molecular formula is C17H28. The molecule has 0 bridgehead atoms. The highest BCUT2D eigenvalue weighted by Crippen LogP contribution is 1.85. The van der Waals surface area contributed by atoms with Crippen molar-refractivity contribution < 1.29 is 0 Å². The van der Waals surface area contributed by atoms with Crippen LogP contribution in [0.2, 0.25) is 0 Å². The maximum Gasteiger partial charge on any atom is -0.0188 e. The molecule has 0 nitrogen and oxygen atoms in total. The second-order valence-corrected chi connectivity index (χ2v) is 3.69. The molecule has 0 N–H and O–H groups in total. The highest BCUT2D eigenvalue weighted by Gasteiger charge is 1.79. The van der Waals surface area contributed by atoms with Crippen LogP contribution in [0.25, 0.3) is 12.7 Å². The summed E-state index contributed by atoms with van der Waals surface area (Å²) in [5.41, 5.74) is 1.06. The molecule has 1 aromatic carbocycles. The van der Waals surface area contributed by atoms with E-state index >= 15 is 0 Å². The second kappa shape index (κ2) is 12.8. The van der Waals surface area contributed by atoms with E-state index in [9.17, 15) is 0 Å². The molecule has 1 rings (SSSR count). The topological polar surface area (TPSA) is 0 Å². The van der Waals surface area contributed by atoms with Crippen molar-refractivity contribution >= 4 is 12.7 Å². The van der Waals surface area contributed by atoms with Gasteiger partial charge in [-0.05, 0) is 17.4 Å². The quantitative estimate of drug-likeness (QED) is 0.713. The Kier molecular flexibility index (Phi) is 13.6. The van der Waals surface area contributed by atoms with Crippen LogP contribution >= 0.6 is 0 Å². The van der Waals surface area contributed by atoms with Crippen molar-refractivity contribution in [2.75, 3.05) is 0 Å². The minimum Gasteiger partial charge on any atom is -0.0961 e. The monoisotopic (exact) mass is 232 g/mol. The van der Waals surface area contributed by atoms with E-state index in [-0.39, 0.29) is 0 Å². The first-order valence-electron chi connectivity index (χ1n) is 6.53. The van der Waals surface area contributed by atoms with Crippen molar-refractivity contribution in [1.82, 2.24) is 0 Å². The lowest BCUT2D eigenvalue weighted by atomic mass is 10.2. The molecule has 0 aliphatic rings. The summed E-state index contributed by atoms with van der Waals surface area (Å²) in [6.45, 7) is 18.0. The Labute approximate surface area is 107 Å². The molecule has 96 valence electrons. The van der Waals surface area contributed by atoms with Gasteiger partial charge < -0.3 is 0 Å². The van der Waals surface area contributed by atoms with Crippen LogP contribution in [0.15, 0.2) is 36.4 Å². The van der Waals surface area contributed by atoms with E-state index in [1.54, 1.807) is 0 Å². The third kappa shape index (κ3) is 11.0. The van der Waals surface area contributed by atoms with Crippen molar-refractivity contribution in [3.8, 4) is 0 Å². The molecule has 0 aliphatic heterocycles. The Morgan fingerprint density at radius 1 is 1.12 bits per heavy atom. The van der Waals surface area contributed by atoms with Gasteiger partial charge in [-0.1, -0.05) is 89.6 Å². The van der Waals surface area contributed by atoms with Crippen LogP contribution in [0.1, 0.15) is 47.5 Å². The summed E-state index contributed by atoms with van der Waals surface area (Å²) < 4.78 is 0. The largest absolute Gasteiger partial charge is 0.0961 e.